The van der Waals surface area contributed by atoms with Crippen molar-refractivity contribution in [3.63, 3.8) is 0 Å². The number of likely N-dealkylation sites (tertiary alicyclic amines) is 1. The van der Waals surface area contributed by atoms with Gasteiger partial charge in [-0.2, -0.15) is 0 Å². The van der Waals surface area contributed by atoms with E-state index in [9.17, 15) is 4.79 Å². The third kappa shape index (κ3) is 4.82. The molecule has 146 valence electrons. The van der Waals surface area contributed by atoms with E-state index in [2.05, 4.69) is 38.0 Å². The van der Waals surface area contributed by atoms with Crippen LogP contribution in [0.2, 0.25) is 0 Å². The predicted octanol–water partition coefficient (Wildman–Crippen LogP) is 3.62. The minimum absolute atomic E-state index is 0. The average Bonchev–Trinajstić information content (AvgIpc) is 2.61. The van der Waals surface area contributed by atoms with Gasteiger partial charge in [0, 0.05) is 12.0 Å². The number of amides is 1. The van der Waals surface area contributed by atoms with E-state index in [0.29, 0.717) is 25.2 Å². The van der Waals surface area contributed by atoms with E-state index in [1.807, 2.05) is 18.2 Å². The SMILES string of the molecule is CC(C)C(NC(=O)[C@H]1CCN(C)[C@@H](C)C1)c1ccc2c(c1)OCCO2.I. The second-order valence-electron chi connectivity index (χ2n) is 7.68. The van der Waals surface area contributed by atoms with E-state index >= 15 is 0 Å². The monoisotopic (exact) mass is 474 g/mol. The quantitative estimate of drug-likeness (QED) is 0.678. The average molecular weight is 474 g/mol. The fourth-order valence-electron chi connectivity index (χ4n) is 3.69. The molecule has 0 spiro atoms. The molecule has 0 aromatic heterocycles. The number of nitrogens with one attached hydrogen (secondary N) is 1. The number of carbonyl (C=O) groups excluding carboxylic acids is 1. The third-order valence-corrected chi connectivity index (χ3v) is 5.47. The summed E-state index contributed by atoms with van der Waals surface area (Å²) in [6.45, 7) is 8.61. The van der Waals surface area contributed by atoms with Crippen LogP contribution in [0.3, 0.4) is 0 Å². The zero-order valence-corrected chi connectivity index (χ0v) is 18.5. The zero-order chi connectivity index (χ0) is 18.0. The van der Waals surface area contributed by atoms with E-state index in [0.717, 1.165) is 36.4 Å². The highest BCUT2D eigenvalue weighted by atomic mass is 127. The highest BCUT2D eigenvalue weighted by molar-refractivity contribution is 14.0. The molecular weight excluding hydrogens is 443 g/mol. The van der Waals surface area contributed by atoms with Gasteiger partial charge in [0.2, 0.25) is 5.91 Å². The summed E-state index contributed by atoms with van der Waals surface area (Å²) in [5, 5.41) is 3.29. The van der Waals surface area contributed by atoms with Crippen molar-refractivity contribution >= 4 is 29.9 Å². The zero-order valence-electron chi connectivity index (χ0n) is 16.2. The molecule has 1 N–H and O–H groups in total. The van der Waals surface area contributed by atoms with Crippen LogP contribution in [0.1, 0.15) is 45.2 Å². The molecular formula is C20H31IN2O3. The van der Waals surface area contributed by atoms with Crippen LogP contribution in [0, 0.1) is 11.8 Å². The van der Waals surface area contributed by atoms with Crippen LogP contribution >= 0.6 is 24.0 Å². The Morgan fingerprint density at radius 1 is 1.23 bits per heavy atom. The number of ether oxygens (including phenoxy) is 2. The number of nitrogens with zero attached hydrogens (tertiary/aromatic N) is 1. The number of fused-ring (bicyclic) bond motifs is 1. The Morgan fingerprint density at radius 2 is 1.92 bits per heavy atom. The van der Waals surface area contributed by atoms with E-state index in [4.69, 9.17) is 9.47 Å². The van der Waals surface area contributed by atoms with Gasteiger partial charge < -0.3 is 19.7 Å². The van der Waals surface area contributed by atoms with Gasteiger partial charge in [0.15, 0.2) is 11.5 Å². The van der Waals surface area contributed by atoms with Crippen molar-refractivity contribution in [2.24, 2.45) is 11.8 Å². The molecule has 6 heteroatoms. The fraction of sp³-hybridized carbons (Fsp3) is 0.650. The molecule has 1 fully saturated rings. The molecule has 1 unspecified atom stereocenters. The van der Waals surface area contributed by atoms with Gasteiger partial charge >= 0.3 is 0 Å². The Bertz CT molecular complexity index is 623. The first-order valence-electron chi connectivity index (χ1n) is 9.36. The maximum atomic E-state index is 12.8. The highest BCUT2D eigenvalue weighted by Gasteiger charge is 2.30. The number of carbonyl (C=O) groups is 1. The van der Waals surface area contributed by atoms with E-state index in [1.54, 1.807) is 0 Å². The molecule has 0 saturated carbocycles. The lowest BCUT2D eigenvalue weighted by atomic mass is 9.89. The third-order valence-electron chi connectivity index (χ3n) is 5.47. The van der Waals surface area contributed by atoms with Gasteiger partial charge in [0.25, 0.3) is 0 Å². The number of hydrogen-bond donors (Lipinski definition) is 1. The first-order valence-corrected chi connectivity index (χ1v) is 9.36. The summed E-state index contributed by atoms with van der Waals surface area (Å²) < 4.78 is 11.3. The highest BCUT2D eigenvalue weighted by Crippen LogP contribution is 2.34. The van der Waals surface area contributed by atoms with Crippen molar-refractivity contribution < 1.29 is 14.3 Å². The van der Waals surface area contributed by atoms with E-state index in [1.165, 1.54) is 0 Å². The minimum atomic E-state index is -0.0155. The lowest BCUT2D eigenvalue weighted by Crippen LogP contribution is -2.44. The molecule has 3 atom stereocenters. The molecule has 1 saturated heterocycles. The van der Waals surface area contributed by atoms with Gasteiger partial charge in [0.05, 0.1) is 6.04 Å². The molecule has 2 heterocycles. The molecule has 2 aliphatic heterocycles. The van der Waals surface area contributed by atoms with Crippen molar-refractivity contribution in [3.05, 3.63) is 23.8 Å². The van der Waals surface area contributed by atoms with Crippen LogP contribution in [0.4, 0.5) is 0 Å². The molecule has 26 heavy (non-hydrogen) atoms. The van der Waals surface area contributed by atoms with Crippen molar-refractivity contribution in [2.45, 2.75) is 45.7 Å². The molecule has 3 rings (SSSR count). The molecule has 0 aliphatic carbocycles. The van der Waals surface area contributed by atoms with Gasteiger partial charge in [-0.15, -0.1) is 24.0 Å². The maximum Gasteiger partial charge on any atom is 0.223 e. The summed E-state index contributed by atoms with van der Waals surface area (Å²) >= 11 is 0. The van der Waals surface area contributed by atoms with E-state index < -0.39 is 0 Å². The summed E-state index contributed by atoms with van der Waals surface area (Å²) in [6, 6.07) is 6.43. The van der Waals surface area contributed by atoms with Crippen molar-refractivity contribution in [1.82, 2.24) is 10.2 Å². The molecule has 1 aromatic carbocycles. The molecule has 0 bridgehead atoms. The summed E-state index contributed by atoms with van der Waals surface area (Å²) in [5.74, 6) is 2.14. The van der Waals surface area contributed by atoms with Crippen molar-refractivity contribution in [2.75, 3.05) is 26.8 Å². The largest absolute Gasteiger partial charge is 0.486 e. The van der Waals surface area contributed by atoms with Crippen LogP contribution < -0.4 is 14.8 Å². The molecule has 1 amide bonds. The smallest absolute Gasteiger partial charge is 0.223 e. The normalized spacial score (nSPS) is 23.9. The van der Waals surface area contributed by atoms with Gasteiger partial charge in [-0.25, -0.2) is 0 Å². The van der Waals surface area contributed by atoms with Crippen molar-refractivity contribution in [3.8, 4) is 11.5 Å². The van der Waals surface area contributed by atoms with Gasteiger partial charge in [-0.3, -0.25) is 4.79 Å². The van der Waals surface area contributed by atoms with E-state index in [-0.39, 0.29) is 41.8 Å². The summed E-state index contributed by atoms with van der Waals surface area (Å²) in [7, 11) is 2.13. The van der Waals surface area contributed by atoms with Gasteiger partial charge in [-0.05, 0) is 57.0 Å². The Balaban J connectivity index is 0.00000243. The first kappa shape index (κ1) is 21.3. The number of hydrogen-bond acceptors (Lipinski definition) is 4. The van der Waals surface area contributed by atoms with Crippen LogP contribution in [0.25, 0.3) is 0 Å². The molecule has 2 aliphatic rings. The number of rotatable bonds is 4. The molecule has 5 nitrogen and oxygen atoms in total. The van der Waals surface area contributed by atoms with Crippen LogP contribution in [0.5, 0.6) is 11.5 Å². The molecule has 0 radical (unpaired) electrons. The standard InChI is InChI=1S/C20H30N2O3.HI/c1-13(2)19(15-5-6-17-18(12-15)25-10-9-24-17)21-20(23)16-7-8-22(4)14(3)11-16;/h5-6,12-14,16,19H,7-11H2,1-4H3,(H,21,23);1H/t14-,16-,19?;/m0./s1. The molecule has 1 aromatic rings. The van der Waals surface area contributed by atoms with Crippen LogP contribution in [0.15, 0.2) is 18.2 Å². The maximum absolute atomic E-state index is 12.8. The second-order valence-corrected chi connectivity index (χ2v) is 7.68. The van der Waals surface area contributed by atoms with Crippen molar-refractivity contribution in [1.29, 1.82) is 0 Å². The number of piperidine rings is 1. The van der Waals surface area contributed by atoms with Crippen LogP contribution in [-0.4, -0.2) is 43.7 Å². The Labute approximate surface area is 173 Å². The van der Waals surface area contributed by atoms with Gasteiger partial charge in [-0.1, -0.05) is 19.9 Å². The van der Waals surface area contributed by atoms with Gasteiger partial charge in [0.1, 0.15) is 13.2 Å². The second kappa shape index (κ2) is 9.26. The Morgan fingerprint density at radius 3 is 2.58 bits per heavy atom. The fourth-order valence-corrected chi connectivity index (χ4v) is 3.69. The number of halogens is 1. The summed E-state index contributed by atoms with van der Waals surface area (Å²) in [5.41, 5.74) is 1.08. The predicted molar refractivity (Wildman–Crippen MR) is 113 cm³/mol. The lowest BCUT2D eigenvalue weighted by molar-refractivity contribution is -0.128. The summed E-state index contributed by atoms with van der Waals surface area (Å²) in [4.78, 5) is 15.2. The number of benzene rings is 1. The first-order chi connectivity index (χ1) is 12.0. The lowest BCUT2D eigenvalue weighted by Gasteiger charge is -2.35. The Hall–Kier alpha value is -1.02. The minimum Gasteiger partial charge on any atom is -0.486 e. The van der Waals surface area contributed by atoms with Crippen LogP contribution in [-0.2, 0) is 4.79 Å². The topological polar surface area (TPSA) is 50.8 Å². The Kier molecular flexibility index (Phi) is 7.58. The summed E-state index contributed by atoms with van der Waals surface area (Å²) in [6.07, 6.45) is 1.85.